The second-order valence-electron chi connectivity index (χ2n) is 3.97. The summed E-state index contributed by atoms with van der Waals surface area (Å²) in [7, 11) is 0. The summed E-state index contributed by atoms with van der Waals surface area (Å²) in [5, 5.41) is 3.52. The van der Waals surface area contributed by atoms with Crippen LogP contribution in [0.1, 0.15) is 24.0 Å². The molecular weight excluding hydrogens is 158 g/mol. The van der Waals surface area contributed by atoms with Gasteiger partial charge in [-0.15, -0.1) is 0 Å². The van der Waals surface area contributed by atoms with E-state index in [1.807, 2.05) is 0 Å². The molecule has 1 saturated carbocycles. The summed E-state index contributed by atoms with van der Waals surface area (Å²) in [5.41, 5.74) is 2.82. The highest BCUT2D eigenvalue weighted by molar-refractivity contribution is 5.22. The Balaban J connectivity index is 1.79. The Hall–Kier alpha value is -0.820. The number of aryl methyl sites for hydroxylation is 1. The summed E-state index contributed by atoms with van der Waals surface area (Å²) in [6.45, 7) is 3.28. The van der Waals surface area contributed by atoms with Crippen molar-refractivity contribution in [3.05, 3.63) is 35.4 Å². The van der Waals surface area contributed by atoms with E-state index >= 15 is 0 Å². The van der Waals surface area contributed by atoms with E-state index in [0.717, 1.165) is 19.0 Å². The van der Waals surface area contributed by atoms with Crippen LogP contribution < -0.4 is 5.32 Å². The third-order valence-corrected chi connectivity index (χ3v) is 2.51. The maximum Gasteiger partial charge on any atom is 0.00683 e. The molecule has 1 fully saturated rings. The van der Waals surface area contributed by atoms with Crippen LogP contribution in [-0.2, 0) is 6.42 Å². The van der Waals surface area contributed by atoms with Gasteiger partial charge in [0.15, 0.2) is 0 Å². The highest BCUT2D eigenvalue weighted by Crippen LogP contribution is 2.18. The van der Waals surface area contributed by atoms with E-state index in [9.17, 15) is 0 Å². The van der Waals surface area contributed by atoms with Gasteiger partial charge in [-0.1, -0.05) is 29.8 Å². The van der Waals surface area contributed by atoms with Crippen molar-refractivity contribution in [2.24, 2.45) is 0 Å². The molecule has 0 bridgehead atoms. The van der Waals surface area contributed by atoms with Crippen LogP contribution >= 0.6 is 0 Å². The summed E-state index contributed by atoms with van der Waals surface area (Å²) in [6, 6.07) is 9.61. The van der Waals surface area contributed by atoms with E-state index in [1.165, 1.54) is 24.0 Å². The predicted molar refractivity (Wildman–Crippen MR) is 55.9 cm³/mol. The lowest BCUT2D eigenvalue weighted by Crippen LogP contribution is -2.19. The molecule has 1 aromatic rings. The molecule has 1 aliphatic rings. The van der Waals surface area contributed by atoms with Crippen molar-refractivity contribution < 1.29 is 0 Å². The lowest BCUT2D eigenvalue weighted by atomic mass is 10.1. The standard InChI is InChI=1S/C12H17N/c1-10-3-2-4-11(9-10)7-8-13-12-5-6-12/h2-4,9,12-13H,5-8H2,1H3. The van der Waals surface area contributed by atoms with Crippen molar-refractivity contribution in [3.8, 4) is 0 Å². The van der Waals surface area contributed by atoms with E-state index in [2.05, 4.69) is 36.5 Å². The van der Waals surface area contributed by atoms with Gasteiger partial charge < -0.3 is 5.32 Å². The summed E-state index contributed by atoms with van der Waals surface area (Å²) in [4.78, 5) is 0. The average Bonchev–Trinajstić information content (AvgIpc) is 2.88. The Morgan fingerprint density at radius 1 is 1.38 bits per heavy atom. The lowest BCUT2D eigenvalue weighted by molar-refractivity contribution is 0.682. The molecule has 2 rings (SSSR count). The van der Waals surface area contributed by atoms with Gasteiger partial charge in [0.2, 0.25) is 0 Å². The van der Waals surface area contributed by atoms with Gasteiger partial charge in [0.1, 0.15) is 0 Å². The molecule has 0 unspecified atom stereocenters. The first-order chi connectivity index (χ1) is 6.34. The Morgan fingerprint density at radius 3 is 2.92 bits per heavy atom. The number of hydrogen-bond acceptors (Lipinski definition) is 1. The minimum absolute atomic E-state index is 0.838. The van der Waals surface area contributed by atoms with Crippen molar-refractivity contribution in [2.45, 2.75) is 32.2 Å². The van der Waals surface area contributed by atoms with E-state index < -0.39 is 0 Å². The van der Waals surface area contributed by atoms with Crippen molar-refractivity contribution in [1.82, 2.24) is 5.32 Å². The van der Waals surface area contributed by atoms with Crippen LogP contribution in [0.15, 0.2) is 24.3 Å². The Kier molecular flexibility index (Phi) is 2.65. The summed E-state index contributed by atoms with van der Waals surface area (Å²) in [6.07, 6.45) is 3.93. The summed E-state index contributed by atoms with van der Waals surface area (Å²) in [5.74, 6) is 0. The van der Waals surface area contributed by atoms with Crippen molar-refractivity contribution in [2.75, 3.05) is 6.54 Å². The normalized spacial score (nSPS) is 16.1. The molecule has 1 nitrogen and oxygen atoms in total. The van der Waals surface area contributed by atoms with Crippen LogP contribution in [0.3, 0.4) is 0 Å². The first-order valence-corrected chi connectivity index (χ1v) is 5.13. The molecule has 0 saturated heterocycles. The maximum atomic E-state index is 3.52. The minimum Gasteiger partial charge on any atom is -0.314 e. The molecule has 0 atom stereocenters. The van der Waals surface area contributed by atoms with Crippen LogP contribution in [-0.4, -0.2) is 12.6 Å². The van der Waals surface area contributed by atoms with Crippen molar-refractivity contribution >= 4 is 0 Å². The van der Waals surface area contributed by atoms with Gasteiger partial charge in [-0.25, -0.2) is 0 Å². The minimum atomic E-state index is 0.838. The van der Waals surface area contributed by atoms with Crippen LogP contribution in [0, 0.1) is 6.92 Å². The first kappa shape index (κ1) is 8.76. The fourth-order valence-corrected chi connectivity index (χ4v) is 1.58. The van der Waals surface area contributed by atoms with Crippen LogP contribution in [0.25, 0.3) is 0 Å². The van der Waals surface area contributed by atoms with Crippen LogP contribution in [0.5, 0.6) is 0 Å². The molecular formula is C12H17N. The third kappa shape index (κ3) is 2.85. The molecule has 1 heteroatoms. The number of hydrogen-bond donors (Lipinski definition) is 1. The van der Waals surface area contributed by atoms with Gasteiger partial charge >= 0.3 is 0 Å². The molecule has 1 N–H and O–H groups in total. The molecule has 0 aromatic heterocycles. The number of rotatable bonds is 4. The van der Waals surface area contributed by atoms with E-state index in [0.29, 0.717) is 0 Å². The quantitative estimate of drug-likeness (QED) is 0.740. The first-order valence-electron chi connectivity index (χ1n) is 5.13. The Labute approximate surface area is 80.2 Å². The molecule has 70 valence electrons. The largest absolute Gasteiger partial charge is 0.314 e. The third-order valence-electron chi connectivity index (χ3n) is 2.51. The molecule has 0 spiro atoms. The van der Waals surface area contributed by atoms with Gasteiger partial charge in [-0.05, 0) is 38.3 Å². The van der Waals surface area contributed by atoms with Gasteiger partial charge in [-0.3, -0.25) is 0 Å². The zero-order chi connectivity index (χ0) is 9.10. The Morgan fingerprint density at radius 2 is 2.23 bits per heavy atom. The van der Waals surface area contributed by atoms with Gasteiger partial charge in [0, 0.05) is 6.04 Å². The zero-order valence-electron chi connectivity index (χ0n) is 8.22. The van der Waals surface area contributed by atoms with E-state index in [1.54, 1.807) is 0 Å². The maximum absolute atomic E-state index is 3.52. The predicted octanol–water partition coefficient (Wildman–Crippen LogP) is 2.29. The van der Waals surface area contributed by atoms with Gasteiger partial charge in [-0.2, -0.15) is 0 Å². The number of nitrogens with one attached hydrogen (secondary N) is 1. The number of benzene rings is 1. The van der Waals surface area contributed by atoms with Crippen molar-refractivity contribution in [3.63, 3.8) is 0 Å². The zero-order valence-corrected chi connectivity index (χ0v) is 8.22. The average molecular weight is 175 g/mol. The second-order valence-corrected chi connectivity index (χ2v) is 3.97. The molecule has 1 aromatic carbocycles. The topological polar surface area (TPSA) is 12.0 Å². The van der Waals surface area contributed by atoms with Crippen molar-refractivity contribution in [1.29, 1.82) is 0 Å². The molecule has 13 heavy (non-hydrogen) atoms. The molecule has 0 amide bonds. The fourth-order valence-electron chi connectivity index (χ4n) is 1.58. The van der Waals surface area contributed by atoms with E-state index in [4.69, 9.17) is 0 Å². The molecule has 0 heterocycles. The molecule has 0 radical (unpaired) electrons. The lowest BCUT2D eigenvalue weighted by Gasteiger charge is -2.03. The smallest absolute Gasteiger partial charge is 0.00683 e. The second kappa shape index (κ2) is 3.93. The SMILES string of the molecule is Cc1cccc(CCNC2CC2)c1. The van der Waals surface area contributed by atoms with Gasteiger partial charge in [0.25, 0.3) is 0 Å². The highest BCUT2D eigenvalue weighted by atomic mass is 14.9. The van der Waals surface area contributed by atoms with Crippen LogP contribution in [0.2, 0.25) is 0 Å². The van der Waals surface area contributed by atoms with E-state index in [-0.39, 0.29) is 0 Å². The van der Waals surface area contributed by atoms with Crippen LogP contribution in [0.4, 0.5) is 0 Å². The monoisotopic (exact) mass is 175 g/mol. The van der Waals surface area contributed by atoms with Gasteiger partial charge in [0.05, 0.1) is 0 Å². The summed E-state index contributed by atoms with van der Waals surface area (Å²) >= 11 is 0. The fraction of sp³-hybridized carbons (Fsp3) is 0.500. The summed E-state index contributed by atoms with van der Waals surface area (Å²) < 4.78 is 0. The highest BCUT2D eigenvalue weighted by Gasteiger charge is 2.19. The molecule has 1 aliphatic carbocycles. The molecule has 0 aliphatic heterocycles. The Bertz CT molecular complexity index is 276.